The van der Waals surface area contributed by atoms with Gasteiger partial charge in [-0.1, -0.05) is 0 Å². The van der Waals surface area contributed by atoms with Crippen LogP contribution in [0, 0.1) is 5.92 Å². The highest BCUT2D eigenvalue weighted by molar-refractivity contribution is 5.79. The summed E-state index contributed by atoms with van der Waals surface area (Å²) in [5, 5.41) is 9.47. The molecule has 3 atom stereocenters. The van der Waals surface area contributed by atoms with E-state index in [1.54, 1.807) is 0 Å². The van der Waals surface area contributed by atoms with Crippen molar-refractivity contribution >= 4 is 5.91 Å². The van der Waals surface area contributed by atoms with Crippen LogP contribution in [0.3, 0.4) is 0 Å². The minimum atomic E-state index is -0.294. The summed E-state index contributed by atoms with van der Waals surface area (Å²) in [6.45, 7) is 5.32. The molecule has 0 saturated carbocycles. The summed E-state index contributed by atoms with van der Waals surface area (Å²) < 4.78 is 0. The quantitative estimate of drug-likeness (QED) is 0.671. The Balaban J connectivity index is 2.51. The maximum atomic E-state index is 11.0. The van der Waals surface area contributed by atoms with Gasteiger partial charge in [-0.15, -0.1) is 0 Å². The molecule has 1 amide bonds. The fourth-order valence-corrected chi connectivity index (χ4v) is 1.97. The van der Waals surface area contributed by atoms with Gasteiger partial charge in [0.1, 0.15) is 0 Å². The molecule has 0 unspecified atom stereocenters. The maximum Gasteiger partial charge on any atom is 0.234 e. The van der Waals surface area contributed by atoms with Gasteiger partial charge in [0.15, 0.2) is 0 Å². The fraction of sp³-hybridized carbons (Fsp3) is 0.900. The number of aliphatic hydroxyl groups excluding tert-OH is 1. The molecule has 1 aliphatic rings. The van der Waals surface area contributed by atoms with Crippen molar-refractivity contribution in [1.29, 1.82) is 0 Å². The van der Waals surface area contributed by atoms with E-state index in [1.165, 1.54) is 0 Å². The number of primary amides is 1. The van der Waals surface area contributed by atoms with Crippen LogP contribution in [0.25, 0.3) is 0 Å². The second-order valence-corrected chi connectivity index (χ2v) is 4.22. The standard InChI is InChI=1S/C10H20N2O2/c1-7(10(11)14)12-5-3-4-9(6-12)8(2)13/h7-9,13H,3-6H2,1-2H3,(H2,11,14)/t7-,8+,9-/m1/s1. The Hall–Kier alpha value is -0.610. The molecule has 1 aliphatic heterocycles. The summed E-state index contributed by atoms with van der Waals surface area (Å²) in [7, 11) is 0. The third kappa shape index (κ3) is 2.69. The Kier molecular flexibility index (Phi) is 3.89. The first-order valence-corrected chi connectivity index (χ1v) is 5.23. The summed E-state index contributed by atoms with van der Waals surface area (Å²) in [6.07, 6.45) is 1.78. The first-order valence-electron chi connectivity index (χ1n) is 5.23. The van der Waals surface area contributed by atoms with Gasteiger partial charge in [-0.2, -0.15) is 0 Å². The average molecular weight is 200 g/mol. The largest absolute Gasteiger partial charge is 0.393 e. The van der Waals surface area contributed by atoms with Crippen molar-refractivity contribution in [3.63, 3.8) is 0 Å². The number of aliphatic hydroxyl groups is 1. The van der Waals surface area contributed by atoms with Crippen molar-refractivity contribution in [3.8, 4) is 0 Å². The zero-order chi connectivity index (χ0) is 10.7. The number of rotatable bonds is 3. The van der Waals surface area contributed by atoms with E-state index in [4.69, 9.17) is 5.73 Å². The predicted octanol–water partition coefficient (Wildman–Crippen LogP) is -0.0470. The molecule has 3 N–H and O–H groups in total. The monoisotopic (exact) mass is 200 g/mol. The lowest BCUT2D eigenvalue weighted by atomic mass is 9.92. The van der Waals surface area contributed by atoms with E-state index >= 15 is 0 Å². The van der Waals surface area contributed by atoms with Crippen LogP contribution in [-0.4, -0.2) is 41.1 Å². The molecule has 4 heteroatoms. The van der Waals surface area contributed by atoms with Gasteiger partial charge in [0.2, 0.25) is 5.91 Å². The Morgan fingerprint density at radius 1 is 1.57 bits per heavy atom. The van der Waals surface area contributed by atoms with Crippen molar-refractivity contribution < 1.29 is 9.90 Å². The number of nitrogens with two attached hydrogens (primary N) is 1. The van der Waals surface area contributed by atoms with Crippen molar-refractivity contribution in [3.05, 3.63) is 0 Å². The number of hydrogen-bond donors (Lipinski definition) is 2. The molecule has 0 aliphatic carbocycles. The molecule has 0 spiro atoms. The topological polar surface area (TPSA) is 66.6 Å². The molecule has 1 saturated heterocycles. The van der Waals surface area contributed by atoms with E-state index in [2.05, 4.69) is 4.90 Å². The molecule has 0 aromatic rings. The first-order chi connectivity index (χ1) is 6.52. The van der Waals surface area contributed by atoms with Gasteiger partial charge in [-0.05, 0) is 39.2 Å². The van der Waals surface area contributed by atoms with E-state index in [1.807, 2.05) is 13.8 Å². The molecule has 0 aromatic heterocycles. The van der Waals surface area contributed by atoms with Crippen LogP contribution in [0.5, 0.6) is 0 Å². The minimum Gasteiger partial charge on any atom is -0.393 e. The van der Waals surface area contributed by atoms with Crippen LogP contribution in [0.4, 0.5) is 0 Å². The van der Waals surface area contributed by atoms with Crippen molar-refractivity contribution in [1.82, 2.24) is 4.90 Å². The van der Waals surface area contributed by atoms with Crippen molar-refractivity contribution in [2.45, 2.75) is 38.8 Å². The molecule has 1 heterocycles. The van der Waals surface area contributed by atoms with E-state index in [9.17, 15) is 9.90 Å². The number of carbonyl (C=O) groups is 1. The van der Waals surface area contributed by atoms with Crippen LogP contribution < -0.4 is 5.73 Å². The lowest BCUT2D eigenvalue weighted by Gasteiger charge is -2.36. The van der Waals surface area contributed by atoms with Crippen LogP contribution in [0.2, 0.25) is 0 Å². The van der Waals surface area contributed by atoms with Gasteiger partial charge in [-0.25, -0.2) is 0 Å². The summed E-state index contributed by atoms with van der Waals surface area (Å²) in [5.74, 6) is 0.00166. The minimum absolute atomic E-state index is 0.212. The van der Waals surface area contributed by atoms with Crippen molar-refractivity contribution in [2.24, 2.45) is 11.7 Å². The lowest BCUT2D eigenvalue weighted by molar-refractivity contribution is -0.123. The number of nitrogens with zero attached hydrogens (tertiary/aromatic N) is 1. The van der Waals surface area contributed by atoms with E-state index < -0.39 is 0 Å². The summed E-state index contributed by atoms with van der Waals surface area (Å²) in [6, 6.07) is -0.212. The normalized spacial score (nSPS) is 28.4. The van der Waals surface area contributed by atoms with Crippen LogP contribution >= 0.6 is 0 Å². The van der Waals surface area contributed by atoms with Crippen molar-refractivity contribution in [2.75, 3.05) is 13.1 Å². The van der Waals surface area contributed by atoms with Gasteiger partial charge in [0.05, 0.1) is 12.1 Å². The highest BCUT2D eigenvalue weighted by atomic mass is 16.3. The van der Waals surface area contributed by atoms with E-state index in [0.29, 0.717) is 0 Å². The Labute approximate surface area is 85.1 Å². The SMILES string of the molecule is C[C@H](O)[C@@H]1CCCN([C@H](C)C(N)=O)C1. The number of carbonyl (C=O) groups excluding carboxylic acids is 1. The van der Waals surface area contributed by atoms with Gasteiger partial charge < -0.3 is 10.8 Å². The molecule has 0 aromatic carbocycles. The molecular weight excluding hydrogens is 180 g/mol. The Bertz CT molecular complexity index is 206. The third-order valence-corrected chi connectivity index (χ3v) is 3.13. The number of piperidine rings is 1. The molecule has 1 rings (SSSR count). The summed E-state index contributed by atoms with van der Waals surface area (Å²) in [5.41, 5.74) is 5.25. The van der Waals surface area contributed by atoms with Crippen LogP contribution in [-0.2, 0) is 4.79 Å². The number of likely N-dealkylation sites (tertiary alicyclic amines) is 1. The first kappa shape index (κ1) is 11.5. The molecule has 1 fully saturated rings. The highest BCUT2D eigenvalue weighted by Gasteiger charge is 2.28. The zero-order valence-corrected chi connectivity index (χ0v) is 8.94. The van der Waals surface area contributed by atoms with Gasteiger partial charge in [0.25, 0.3) is 0 Å². The van der Waals surface area contributed by atoms with E-state index in [-0.39, 0.29) is 24.0 Å². The van der Waals surface area contributed by atoms with Gasteiger partial charge in [-0.3, -0.25) is 9.69 Å². The highest BCUT2D eigenvalue weighted by Crippen LogP contribution is 2.21. The second-order valence-electron chi connectivity index (χ2n) is 4.22. The average Bonchev–Trinajstić information content (AvgIpc) is 2.16. The third-order valence-electron chi connectivity index (χ3n) is 3.13. The predicted molar refractivity (Wildman–Crippen MR) is 54.6 cm³/mol. The fourth-order valence-electron chi connectivity index (χ4n) is 1.97. The molecule has 0 bridgehead atoms. The zero-order valence-electron chi connectivity index (χ0n) is 8.94. The second kappa shape index (κ2) is 4.75. The Morgan fingerprint density at radius 2 is 2.21 bits per heavy atom. The molecule has 0 radical (unpaired) electrons. The van der Waals surface area contributed by atoms with E-state index in [0.717, 1.165) is 25.9 Å². The molecule has 82 valence electrons. The van der Waals surface area contributed by atoms with Crippen LogP contribution in [0.15, 0.2) is 0 Å². The summed E-state index contributed by atoms with van der Waals surface area (Å²) >= 11 is 0. The smallest absolute Gasteiger partial charge is 0.234 e. The number of amides is 1. The Morgan fingerprint density at radius 3 is 2.71 bits per heavy atom. The maximum absolute atomic E-state index is 11.0. The molecule has 14 heavy (non-hydrogen) atoms. The van der Waals surface area contributed by atoms with Gasteiger partial charge >= 0.3 is 0 Å². The molecule has 4 nitrogen and oxygen atoms in total. The lowest BCUT2D eigenvalue weighted by Crippen LogP contribution is -2.49. The summed E-state index contributed by atoms with van der Waals surface area (Å²) in [4.78, 5) is 13.1. The molecular formula is C10H20N2O2. The van der Waals surface area contributed by atoms with Crippen LogP contribution in [0.1, 0.15) is 26.7 Å². The van der Waals surface area contributed by atoms with Gasteiger partial charge in [0, 0.05) is 6.54 Å². The number of hydrogen-bond acceptors (Lipinski definition) is 3.